The molecule has 1 aromatic carbocycles. The zero-order valence-corrected chi connectivity index (χ0v) is 12.3. The van der Waals surface area contributed by atoms with Crippen molar-refractivity contribution < 1.29 is 9.53 Å². The van der Waals surface area contributed by atoms with E-state index in [0.717, 1.165) is 11.3 Å². The lowest BCUT2D eigenvalue weighted by atomic mass is 9.96. The van der Waals surface area contributed by atoms with Crippen LogP contribution in [0.5, 0.6) is 5.75 Å². The molecule has 1 amide bonds. The van der Waals surface area contributed by atoms with Crippen LogP contribution < -0.4 is 15.8 Å². The first-order chi connectivity index (χ1) is 8.60. The molecular formula is C13H18Cl2N2O2. The van der Waals surface area contributed by atoms with E-state index in [-0.39, 0.29) is 30.3 Å². The van der Waals surface area contributed by atoms with Gasteiger partial charge in [-0.15, -0.1) is 12.4 Å². The van der Waals surface area contributed by atoms with Gasteiger partial charge in [-0.2, -0.15) is 0 Å². The van der Waals surface area contributed by atoms with Crippen molar-refractivity contribution in [1.82, 2.24) is 5.32 Å². The molecule has 2 atom stereocenters. The van der Waals surface area contributed by atoms with Gasteiger partial charge in [0.15, 0.2) is 0 Å². The number of nitrogens with two attached hydrogens (primary N) is 1. The predicted octanol–water partition coefficient (Wildman–Crippen LogP) is 1.78. The Bertz CT molecular complexity index is 454. The highest BCUT2D eigenvalue weighted by Gasteiger charge is 2.26. The lowest BCUT2D eigenvalue weighted by Gasteiger charge is -2.25. The van der Waals surface area contributed by atoms with Gasteiger partial charge in [0.2, 0.25) is 5.91 Å². The van der Waals surface area contributed by atoms with E-state index in [9.17, 15) is 4.79 Å². The number of ether oxygens (including phenoxy) is 1. The molecule has 6 heteroatoms. The molecule has 0 radical (unpaired) electrons. The van der Waals surface area contributed by atoms with Gasteiger partial charge in [0, 0.05) is 17.6 Å². The van der Waals surface area contributed by atoms with Crippen LogP contribution >= 0.6 is 24.0 Å². The van der Waals surface area contributed by atoms with E-state index < -0.39 is 0 Å². The number of halogens is 2. The summed E-state index contributed by atoms with van der Waals surface area (Å²) in [6.45, 7) is 2.71. The summed E-state index contributed by atoms with van der Waals surface area (Å²) in [5.41, 5.74) is 6.46. The fourth-order valence-electron chi connectivity index (χ4n) is 1.95. The maximum absolute atomic E-state index is 12.0. The van der Waals surface area contributed by atoms with E-state index in [1.54, 1.807) is 6.07 Å². The van der Waals surface area contributed by atoms with Gasteiger partial charge >= 0.3 is 0 Å². The highest BCUT2D eigenvalue weighted by Crippen LogP contribution is 2.29. The minimum Gasteiger partial charge on any atom is -0.492 e. The Balaban J connectivity index is 0.00000180. The summed E-state index contributed by atoms with van der Waals surface area (Å²) in [5.74, 6) is 0.624. The molecule has 0 aliphatic carbocycles. The lowest BCUT2D eigenvalue weighted by molar-refractivity contribution is -0.126. The quantitative estimate of drug-likeness (QED) is 0.894. The molecule has 3 N–H and O–H groups in total. The fourth-order valence-corrected chi connectivity index (χ4v) is 2.15. The molecule has 0 saturated heterocycles. The zero-order chi connectivity index (χ0) is 13.1. The molecule has 4 nitrogen and oxygen atoms in total. The average Bonchev–Trinajstić information content (AvgIpc) is 2.37. The largest absolute Gasteiger partial charge is 0.492 e. The molecule has 0 aromatic heterocycles. The van der Waals surface area contributed by atoms with E-state index in [2.05, 4.69) is 5.32 Å². The van der Waals surface area contributed by atoms with Crippen molar-refractivity contribution in [3.05, 3.63) is 28.8 Å². The molecule has 1 heterocycles. The fraction of sp³-hybridized carbons (Fsp3) is 0.462. The maximum Gasteiger partial charge on any atom is 0.227 e. The summed E-state index contributed by atoms with van der Waals surface area (Å²) < 4.78 is 5.58. The second-order valence-electron chi connectivity index (χ2n) is 4.61. The summed E-state index contributed by atoms with van der Waals surface area (Å²) in [6, 6.07) is 5.46. The maximum atomic E-state index is 12.0. The number of nitrogens with one attached hydrogen (secondary N) is 1. The van der Waals surface area contributed by atoms with Crippen molar-refractivity contribution >= 4 is 29.9 Å². The lowest BCUT2D eigenvalue weighted by Crippen LogP contribution is -2.44. The Morgan fingerprint density at radius 1 is 1.63 bits per heavy atom. The number of carbonyl (C=O) groups excluding carboxylic acids is 1. The van der Waals surface area contributed by atoms with E-state index >= 15 is 0 Å². The monoisotopic (exact) mass is 304 g/mol. The molecule has 1 aliphatic heterocycles. The third-order valence-corrected chi connectivity index (χ3v) is 3.28. The smallest absolute Gasteiger partial charge is 0.227 e. The molecule has 2 rings (SSSR count). The third kappa shape index (κ3) is 4.00. The second kappa shape index (κ2) is 6.98. The third-order valence-electron chi connectivity index (χ3n) is 3.04. The minimum atomic E-state index is -0.176. The van der Waals surface area contributed by atoms with Crippen molar-refractivity contribution in [3.8, 4) is 5.75 Å². The van der Waals surface area contributed by atoms with Crippen LogP contribution in [-0.4, -0.2) is 25.1 Å². The normalized spacial score (nSPS) is 18.6. The van der Waals surface area contributed by atoms with Crippen molar-refractivity contribution in [2.24, 2.45) is 11.7 Å². The first-order valence-corrected chi connectivity index (χ1v) is 6.39. The van der Waals surface area contributed by atoms with Crippen LogP contribution in [0.3, 0.4) is 0 Å². The summed E-state index contributed by atoms with van der Waals surface area (Å²) in [5, 5.41) is 3.53. The van der Waals surface area contributed by atoms with Crippen molar-refractivity contribution in [1.29, 1.82) is 0 Å². The predicted molar refractivity (Wildman–Crippen MR) is 78.0 cm³/mol. The molecule has 0 saturated carbocycles. The molecule has 1 aromatic rings. The van der Waals surface area contributed by atoms with Crippen LogP contribution in [0.25, 0.3) is 0 Å². The van der Waals surface area contributed by atoms with Crippen molar-refractivity contribution in [2.45, 2.75) is 19.4 Å². The van der Waals surface area contributed by atoms with Crippen LogP contribution in [0.15, 0.2) is 18.2 Å². The minimum absolute atomic E-state index is 0. The van der Waals surface area contributed by atoms with E-state index in [4.69, 9.17) is 22.1 Å². The highest BCUT2D eigenvalue weighted by atomic mass is 35.5. The summed E-state index contributed by atoms with van der Waals surface area (Å²) in [4.78, 5) is 12.0. The van der Waals surface area contributed by atoms with Gasteiger partial charge in [-0.05, 0) is 37.1 Å². The first kappa shape index (κ1) is 16.1. The molecule has 106 valence electrons. The molecule has 1 aliphatic rings. The van der Waals surface area contributed by atoms with Gasteiger partial charge in [-0.3, -0.25) is 4.79 Å². The van der Waals surface area contributed by atoms with Crippen LogP contribution in [0.2, 0.25) is 5.02 Å². The SMILES string of the molecule is C[C@@H](CN)NC(=O)C1COc2ccc(Cl)cc2C1.Cl. The van der Waals surface area contributed by atoms with Crippen molar-refractivity contribution in [2.75, 3.05) is 13.2 Å². The standard InChI is InChI=1S/C13H17ClN2O2.ClH/c1-8(6-15)16-13(17)10-4-9-5-11(14)2-3-12(9)18-7-10;/h2-3,5,8,10H,4,6-7,15H2,1H3,(H,16,17);1H/t8-,10?;/m0./s1. The first-order valence-electron chi connectivity index (χ1n) is 6.02. The number of hydrogen-bond donors (Lipinski definition) is 2. The van der Waals surface area contributed by atoms with Crippen molar-refractivity contribution in [3.63, 3.8) is 0 Å². The topological polar surface area (TPSA) is 64.3 Å². The molecule has 0 fully saturated rings. The van der Waals surface area contributed by atoms with E-state index in [1.807, 2.05) is 19.1 Å². The zero-order valence-electron chi connectivity index (χ0n) is 10.7. The van der Waals surface area contributed by atoms with Crippen LogP contribution in [0.1, 0.15) is 12.5 Å². The molecule has 1 unspecified atom stereocenters. The number of hydrogen-bond acceptors (Lipinski definition) is 3. The second-order valence-corrected chi connectivity index (χ2v) is 5.05. The average molecular weight is 305 g/mol. The Kier molecular flexibility index (Phi) is 5.91. The van der Waals surface area contributed by atoms with Crippen LogP contribution in [0.4, 0.5) is 0 Å². The number of benzene rings is 1. The van der Waals surface area contributed by atoms with Gasteiger partial charge in [0.25, 0.3) is 0 Å². The highest BCUT2D eigenvalue weighted by molar-refractivity contribution is 6.30. The summed E-state index contributed by atoms with van der Waals surface area (Å²) in [6.07, 6.45) is 0.652. The number of rotatable bonds is 3. The number of amides is 1. The van der Waals surface area contributed by atoms with Gasteiger partial charge in [-0.1, -0.05) is 11.6 Å². The Labute approximate surface area is 124 Å². The molecule has 0 bridgehead atoms. The summed E-state index contributed by atoms with van der Waals surface area (Å²) in [7, 11) is 0. The molecular weight excluding hydrogens is 287 g/mol. The Morgan fingerprint density at radius 2 is 2.37 bits per heavy atom. The van der Waals surface area contributed by atoms with Gasteiger partial charge in [0.05, 0.1) is 5.92 Å². The molecule has 19 heavy (non-hydrogen) atoms. The van der Waals surface area contributed by atoms with Gasteiger partial charge < -0.3 is 15.8 Å². The van der Waals surface area contributed by atoms with Crippen LogP contribution in [-0.2, 0) is 11.2 Å². The Morgan fingerprint density at radius 3 is 3.05 bits per heavy atom. The van der Waals surface area contributed by atoms with Gasteiger partial charge in [0.1, 0.15) is 12.4 Å². The number of carbonyl (C=O) groups is 1. The van der Waals surface area contributed by atoms with E-state index in [1.165, 1.54) is 0 Å². The van der Waals surface area contributed by atoms with E-state index in [0.29, 0.717) is 24.6 Å². The summed E-state index contributed by atoms with van der Waals surface area (Å²) >= 11 is 5.94. The van der Waals surface area contributed by atoms with Crippen LogP contribution in [0, 0.1) is 5.92 Å². The van der Waals surface area contributed by atoms with Gasteiger partial charge in [-0.25, -0.2) is 0 Å². The number of fused-ring (bicyclic) bond motifs is 1. The molecule has 0 spiro atoms. The Hall–Kier alpha value is -0.970.